The van der Waals surface area contributed by atoms with Crippen LogP contribution in [0.15, 0.2) is 64.6 Å². The van der Waals surface area contributed by atoms with Crippen molar-refractivity contribution >= 4 is 27.8 Å². The molecule has 0 fully saturated rings. The minimum Gasteiger partial charge on any atom is -0.200 e. The molecule has 0 aliphatic heterocycles. The molecule has 19 heavy (non-hydrogen) atoms. The van der Waals surface area contributed by atoms with Crippen molar-refractivity contribution in [3.8, 4) is 0 Å². The zero-order valence-electron chi connectivity index (χ0n) is 9.82. The lowest BCUT2D eigenvalue weighted by atomic mass is 10.2. The fourth-order valence-corrected chi connectivity index (χ4v) is 2.39. The third-order valence-electron chi connectivity index (χ3n) is 2.34. The molecule has 0 saturated heterocycles. The van der Waals surface area contributed by atoms with Gasteiger partial charge in [0.1, 0.15) is 0 Å². The van der Waals surface area contributed by atoms with Gasteiger partial charge < -0.3 is 0 Å². The predicted molar refractivity (Wildman–Crippen MR) is 75.8 cm³/mol. The van der Waals surface area contributed by atoms with E-state index in [2.05, 4.69) is 9.93 Å². The molecule has 1 N–H and O–H groups in total. The first-order chi connectivity index (χ1) is 9.09. The molecule has 0 saturated carbocycles. The summed E-state index contributed by atoms with van der Waals surface area (Å²) in [5, 5.41) is 4.21. The summed E-state index contributed by atoms with van der Waals surface area (Å²) in [6, 6.07) is 15.0. The Morgan fingerprint density at radius 1 is 1.00 bits per heavy atom. The largest absolute Gasteiger partial charge is 0.276 e. The van der Waals surface area contributed by atoms with Gasteiger partial charge in [-0.3, -0.25) is 0 Å². The molecule has 0 amide bonds. The van der Waals surface area contributed by atoms with Gasteiger partial charge in [0, 0.05) is 10.6 Å². The molecule has 0 radical (unpaired) electrons. The van der Waals surface area contributed by atoms with Crippen molar-refractivity contribution in [3.63, 3.8) is 0 Å². The highest BCUT2D eigenvalue weighted by Crippen LogP contribution is 2.12. The van der Waals surface area contributed by atoms with Crippen LogP contribution in [0, 0.1) is 0 Å². The first-order valence-corrected chi connectivity index (χ1v) is 7.30. The lowest BCUT2D eigenvalue weighted by Gasteiger charge is -2.02. The molecule has 0 heterocycles. The molecule has 0 aliphatic carbocycles. The second kappa shape index (κ2) is 5.86. The van der Waals surface area contributed by atoms with Crippen LogP contribution in [0.4, 0.5) is 0 Å². The topological polar surface area (TPSA) is 58.5 Å². The monoisotopic (exact) mass is 294 g/mol. The summed E-state index contributed by atoms with van der Waals surface area (Å²) < 4.78 is 23.7. The highest BCUT2D eigenvalue weighted by molar-refractivity contribution is 7.89. The third-order valence-corrected chi connectivity index (χ3v) is 3.92. The molecular weight excluding hydrogens is 284 g/mol. The molecule has 0 unspecified atom stereocenters. The number of nitrogens with one attached hydrogen (secondary N) is 1. The van der Waals surface area contributed by atoms with Crippen molar-refractivity contribution < 1.29 is 8.42 Å². The number of sulfonamides is 1. The molecule has 0 bridgehead atoms. The van der Waals surface area contributed by atoms with E-state index in [0.29, 0.717) is 10.6 Å². The fraction of sp³-hybridized carbons (Fsp3) is 0. The third kappa shape index (κ3) is 3.56. The van der Waals surface area contributed by atoms with Crippen molar-refractivity contribution in [2.75, 3.05) is 0 Å². The number of halogens is 1. The van der Waals surface area contributed by atoms with E-state index in [0.717, 1.165) is 0 Å². The molecule has 0 aliphatic rings. The number of hydrazone groups is 1. The summed E-state index contributed by atoms with van der Waals surface area (Å²) in [7, 11) is -3.63. The van der Waals surface area contributed by atoms with Gasteiger partial charge in [-0.2, -0.15) is 13.5 Å². The van der Waals surface area contributed by atoms with E-state index in [-0.39, 0.29) is 4.90 Å². The Labute approximate surface area is 116 Å². The quantitative estimate of drug-likeness (QED) is 0.696. The second-order valence-corrected chi connectivity index (χ2v) is 5.76. The Morgan fingerprint density at radius 3 is 2.32 bits per heavy atom. The maximum atomic E-state index is 11.8. The number of hydrogen-bond acceptors (Lipinski definition) is 3. The van der Waals surface area contributed by atoms with Crippen molar-refractivity contribution in [3.05, 3.63) is 65.2 Å². The highest BCUT2D eigenvalue weighted by atomic mass is 35.5. The van der Waals surface area contributed by atoms with Crippen LogP contribution in [-0.4, -0.2) is 14.6 Å². The average Bonchev–Trinajstić information content (AvgIpc) is 2.42. The van der Waals surface area contributed by atoms with Crippen LogP contribution in [0.2, 0.25) is 5.02 Å². The number of benzene rings is 2. The molecule has 2 aromatic carbocycles. The van der Waals surface area contributed by atoms with Crippen LogP contribution in [-0.2, 0) is 10.0 Å². The van der Waals surface area contributed by atoms with Gasteiger partial charge in [0.15, 0.2) is 0 Å². The Balaban J connectivity index is 2.13. The van der Waals surface area contributed by atoms with Crippen molar-refractivity contribution in [2.24, 2.45) is 5.10 Å². The fourth-order valence-electron chi connectivity index (χ4n) is 1.40. The first-order valence-electron chi connectivity index (χ1n) is 5.44. The maximum absolute atomic E-state index is 11.8. The summed E-state index contributed by atoms with van der Waals surface area (Å²) in [4.78, 5) is 2.29. The van der Waals surface area contributed by atoms with E-state index in [1.807, 2.05) is 0 Å². The van der Waals surface area contributed by atoms with Crippen LogP contribution in [0.25, 0.3) is 0 Å². The van der Waals surface area contributed by atoms with Crippen molar-refractivity contribution in [1.29, 1.82) is 0 Å². The van der Waals surface area contributed by atoms with Gasteiger partial charge in [-0.15, -0.1) is 0 Å². The van der Waals surface area contributed by atoms with Gasteiger partial charge >= 0.3 is 0 Å². The first kappa shape index (κ1) is 13.6. The maximum Gasteiger partial charge on any atom is 0.276 e. The molecule has 2 aromatic rings. The molecule has 6 heteroatoms. The van der Waals surface area contributed by atoms with Gasteiger partial charge in [0.05, 0.1) is 11.1 Å². The van der Waals surface area contributed by atoms with E-state index >= 15 is 0 Å². The highest BCUT2D eigenvalue weighted by Gasteiger charge is 2.10. The van der Waals surface area contributed by atoms with Gasteiger partial charge in [0.25, 0.3) is 10.0 Å². The number of rotatable bonds is 4. The van der Waals surface area contributed by atoms with Gasteiger partial charge in [0.2, 0.25) is 0 Å². The lowest BCUT2D eigenvalue weighted by Crippen LogP contribution is -2.18. The van der Waals surface area contributed by atoms with Crippen LogP contribution >= 0.6 is 11.6 Å². The van der Waals surface area contributed by atoms with E-state index in [9.17, 15) is 8.42 Å². The Hall–Kier alpha value is -1.85. The second-order valence-electron chi connectivity index (χ2n) is 3.69. The SMILES string of the molecule is O=S(=O)(N/N=C\c1ccccc1Cl)c1ccccc1. The summed E-state index contributed by atoms with van der Waals surface area (Å²) in [6.45, 7) is 0. The van der Waals surface area contributed by atoms with E-state index in [4.69, 9.17) is 11.6 Å². The molecule has 0 spiro atoms. The summed E-state index contributed by atoms with van der Waals surface area (Å²) in [6.07, 6.45) is 1.36. The molecule has 98 valence electrons. The van der Waals surface area contributed by atoms with Crippen molar-refractivity contribution in [1.82, 2.24) is 4.83 Å². The summed E-state index contributed by atoms with van der Waals surface area (Å²) >= 11 is 5.92. The molecule has 4 nitrogen and oxygen atoms in total. The predicted octanol–water partition coefficient (Wildman–Crippen LogP) is 2.65. The molecule has 2 rings (SSSR count). The van der Waals surface area contributed by atoms with E-state index in [1.165, 1.54) is 18.3 Å². The summed E-state index contributed by atoms with van der Waals surface area (Å²) in [5.41, 5.74) is 0.639. The van der Waals surface area contributed by atoms with E-state index in [1.54, 1.807) is 42.5 Å². The van der Waals surface area contributed by atoms with Crippen LogP contribution in [0.3, 0.4) is 0 Å². The molecular formula is C13H11ClN2O2S. The zero-order valence-corrected chi connectivity index (χ0v) is 11.4. The van der Waals surface area contributed by atoms with Crippen LogP contribution < -0.4 is 4.83 Å². The van der Waals surface area contributed by atoms with Crippen LogP contribution in [0.5, 0.6) is 0 Å². The molecule has 0 aromatic heterocycles. The minimum absolute atomic E-state index is 0.159. The van der Waals surface area contributed by atoms with Gasteiger partial charge in [-0.05, 0) is 18.2 Å². The van der Waals surface area contributed by atoms with Crippen LogP contribution in [0.1, 0.15) is 5.56 Å². The average molecular weight is 295 g/mol. The Bertz CT molecular complexity index is 685. The standard InChI is InChI=1S/C13H11ClN2O2S/c14-13-9-5-4-6-11(13)10-15-16-19(17,18)12-7-2-1-3-8-12/h1-10,16H/b15-10-. The zero-order chi connectivity index (χ0) is 13.7. The minimum atomic E-state index is -3.63. The van der Waals surface area contributed by atoms with Gasteiger partial charge in [-0.1, -0.05) is 48.0 Å². The number of hydrogen-bond donors (Lipinski definition) is 1. The summed E-state index contributed by atoms with van der Waals surface area (Å²) in [5.74, 6) is 0. The van der Waals surface area contributed by atoms with Crippen molar-refractivity contribution in [2.45, 2.75) is 4.90 Å². The Morgan fingerprint density at radius 2 is 1.63 bits per heavy atom. The molecule has 0 atom stereocenters. The van der Waals surface area contributed by atoms with Gasteiger partial charge in [-0.25, -0.2) is 4.83 Å². The Kier molecular flexibility index (Phi) is 4.19. The smallest absolute Gasteiger partial charge is 0.200 e. The normalized spacial score (nSPS) is 11.6. The number of nitrogens with zero attached hydrogens (tertiary/aromatic N) is 1. The van der Waals surface area contributed by atoms with E-state index < -0.39 is 10.0 Å². The lowest BCUT2D eigenvalue weighted by molar-refractivity contribution is 0.584.